The van der Waals surface area contributed by atoms with Gasteiger partial charge in [-0.15, -0.1) is 0 Å². The molecule has 0 aliphatic heterocycles. The fourth-order valence-electron chi connectivity index (χ4n) is 6.43. The van der Waals surface area contributed by atoms with Crippen LogP contribution in [-0.2, 0) is 26.2 Å². The average Bonchev–Trinajstić information content (AvgIpc) is 3.43. The van der Waals surface area contributed by atoms with Crippen LogP contribution in [0.15, 0.2) is 108 Å². The molecule has 258 valence electrons. The molecular formula is C40H45NO6S2. The monoisotopic (exact) mass is 699 g/mol. The molecule has 0 radical (unpaired) electrons. The van der Waals surface area contributed by atoms with Gasteiger partial charge in [0.05, 0.1) is 21.3 Å². The summed E-state index contributed by atoms with van der Waals surface area (Å²) in [6.45, 7) is 11.3. The van der Waals surface area contributed by atoms with Crippen molar-refractivity contribution in [2.24, 2.45) is 0 Å². The Morgan fingerprint density at radius 2 is 1.06 bits per heavy atom. The highest BCUT2D eigenvalue weighted by atomic mass is 32.2. The SMILES string of the molecule is C=C(c1ccc2c(c1)c1cc(C(=C)c3ccccc3S(=O)(=O)CCCO)ccc1n2CCCCCC)c1ccccc1S(=O)(=O)CCCO. The minimum atomic E-state index is -3.65. The van der Waals surface area contributed by atoms with E-state index in [1.165, 1.54) is 0 Å². The summed E-state index contributed by atoms with van der Waals surface area (Å²) in [5.74, 6) is -0.312. The molecular weight excluding hydrogens is 655 g/mol. The Bertz CT molecular complexity index is 2060. The molecule has 0 aliphatic rings. The Morgan fingerprint density at radius 1 is 0.612 bits per heavy atom. The first-order chi connectivity index (χ1) is 23.5. The zero-order chi connectivity index (χ0) is 35.2. The summed E-state index contributed by atoms with van der Waals surface area (Å²) < 4.78 is 55.2. The molecule has 0 spiro atoms. The number of aliphatic hydroxyl groups excluding tert-OH is 2. The first-order valence-electron chi connectivity index (χ1n) is 16.8. The predicted octanol–water partition coefficient (Wildman–Crippen LogP) is 7.81. The van der Waals surface area contributed by atoms with Gasteiger partial charge in [-0.05, 0) is 77.9 Å². The van der Waals surface area contributed by atoms with Crippen LogP contribution in [0.4, 0.5) is 0 Å². The van der Waals surface area contributed by atoms with Gasteiger partial charge >= 0.3 is 0 Å². The summed E-state index contributed by atoms with van der Waals surface area (Å²) >= 11 is 0. The van der Waals surface area contributed by atoms with Gasteiger partial charge in [0.2, 0.25) is 0 Å². The lowest BCUT2D eigenvalue weighted by molar-refractivity contribution is 0.295. The van der Waals surface area contributed by atoms with Crippen molar-refractivity contribution in [3.63, 3.8) is 0 Å². The second kappa shape index (κ2) is 15.7. The zero-order valence-electron chi connectivity index (χ0n) is 28.1. The van der Waals surface area contributed by atoms with E-state index in [9.17, 15) is 27.0 Å². The number of hydrogen-bond donors (Lipinski definition) is 2. The molecule has 2 N–H and O–H groups in total. The minimum Gasteiger partial charge on any atom is -0.396 e. The van der Waals surface area contributed by atoms with E-state index < -0.39 is 19.7 Å². The zero-order valence-corrected chi connectivity index (χ0v) is 29.7. The molecule has 0 unspecified atom stereocenters. The molecule has 49 heavy (non-hydrogen) atoms. The first-order valence-corrected chi connectivity index (χ1v) is 20.1. The van der Waals surface area contributed by atoms with Crippen LogP contribution in [0.1, 0.15) is 67.7 Å². The largest absolute Gasteiger partial charge is 0.396 e. The predicted molar refractivity (Wildman–Crippen MR) is 200 cm³/mol. The Balaban J connectivity index is 1.63. The molecule has 4 aromatic carbocycles. The number of sulfone groups is 2. The molecule has 7 nitrogen and oxygen atoms in total. The number of benzene rings is 4. The molecule has 0 amide bonds. The Morgan fingerprint density at radius 3 is 1.49 bits per heavy atom. The van der Waals surface area contributed by atoms with E-state index in [1.54, 1.807) is 48.5 Å². The summed E-state index contributed by atoms with van der Waals surface area (Å²) in [6.07, 6.45) is 4.74. The highest BCUT2D eigenvalue weighted by Gasteiger charge is 2.23. The minimum absolute atomic E-state index is 0.152. The van der Waals surface area contributed by atoms with Gasteiger partial charge in [-0.2, -0.15) is 0 Å². The van der Waals surface area contributed by atoms with Crippen molar-refractivity contribution in [3.05, 3.63) is 120 Å². The van der Waals surface area contributed by atoms with Crippen LogP contribution in [-0.4, -0.2) is 56.3 Å². The van der Waals surface area contributed by atoms with Crippen molar-refractivity contribution < 1.29 is 27.0 Å². The maximum Gasteiger partial charge on any atom is 0.179 e. The quantitative estimate of drug-likeness (QED) is 0.0958. The molecule has 0 aliphatic carbocycles. The summed E-state index contributed by atoms with van der Waals surface area (Å²) in [6, 6.07) is 25.9. The summed E-state index contributed by atoms with van der Waals surface area (Å²) in [7, 11) is -7.29. The fourth-order valence-corrected chi connectivity index (χ4v) is 9.51. The van der Waals surface area contributed by atoms with Crippen molar-refractivity contribution in [1.29, 1.82) is 0 Å². The van der Waals surface area contributed by atoms with E-state index in [2.05, 4.69) is 48.9 Å². The fraction of sp³-hybridized carbons (Fsp3) is 0.300. The Hall–Kier alpha value is -4.02. The van der Waals surface area contributed by atoms with E-state index in [0.717, 1.165) is 65.2 Å². The van der Waals surface area contributed by atoms with E-state index >= 15 is 0 Å². The summed E-state index contributed by atoms with van der Waals surface area (Å²) in [5, 5.41) is 20.5. The van der Waals surface area contributed by atoms with E-state index in [-0.39, 0.29) is 47.4 Å². The van der Waals surface area contributed by atoms with E-state index in [0.29, 0.717) is 22.3 Å². The highest BCUT2D eigenvalue weighted by molar-refractivity contribution is 7.91. The molecule has 1 aromatic heterocycles. The maximum atomic E-state index is 13.2. The molecule has 9 heteroatoms. The lowest BCUT2D eigenvalue weighted by Crippen LogP contribution is -2.10. The molecule has 0 fully saturated rings. The summed E-state index contributed by atoms with van der Waals surface area (Å²) in [4.78, 5) is 0.385. The van der Waals surface area contributed by atoms with E-state index in [4.69, 9.17) is 0 Å². The van der Waals surface area contributed by atoms with Gasteiger partial charge in [-0.3, -0.25) is 0 Å². The van der Waals surface area contributed by atoms with Crippen LogP contribution >= 0.6 is 0 Å². The molecule has 0 saturated heterocycles. The topological polar surface area (TPSA) is 114 Å². The van der Waals surface area contributed by atoms with Crippen molar-refractivity contribution in [3.8, 4) is 0 Å². The number of aryl methyl sites for hydroxylation is 1. The number of nitrogens with zero attached hydrogens (tertiary/aromatic N) is 1. The van der Waals surface area contributed by atoms with Crippen molar-refractivity contribution in [2.75, 3.05) is 24.7 Å². The third-order valence-corrected chi connectivity index (χ3v) is 12.7. The van der Waals surface area contributed by atoms with Crippen molar-refractivity contribution in [1.82, 2.24) is 4.57 Å². The van der Waals surface area contributed by atoms with Gasteiger partial charge in [0.15, 0.2) is 19.7 Å². The molecule has 1 heterocycles. The Labute approximate surface area is 290 Å². The highest BCUT2D eigenvalue weighted by Crippen LogP contribution is 2.37. The second-order valence-electron chi connectivity index (χ2n) is 12.4. The number of aliphatic hydroxyl groups is 2. The average molecular weight is 700 g/mol. The Kier molecular flexibility index (Phi) is 11.6. The second-order valence-corrected chi connectivity index (χ2v) is 16.6. The van der Waals surface area contributed by atoms with Crippen LogP contribution in [0.2, 0.25) is 0 Å². The number of rotatable bonds is 17. The summed E-state index contributed by atoms with van der Waals surface area (Å²) in [5.41, 5.74) is 5.86. The van der Waals surface area contributed by atoms with Gasteiger partial charge in [-0.25, -0.2) is 16.8 Å². The molecule has 0 bridgehead atoms. The van der Waals surface area contributed by atoms with Crippen LogP contribution in [0.25, 0.3) is 33.0 Å². The van der Waals surface area contributed by atoms with Gasteiger partial charge < -0.3 is 14.8 Å². The van der Waals surface area contributed by atoms with Gasteiger partial charge in [0.1, 0.15) is 0 Å². The first kappa shape index (κ1) is 36.3. The number of fused-ring (bicyclic) bond motifs is 3. The van der Waals surface area contributed by atoms with Crippen molar-refractivity contribution in [2.45, 2.75) is 61.8 Å². The lowest BCUT2D eigenvalue weighted by atomic mass is 9.96. The maximum absolute atomic E-state index is 13.2. The van der Waals surface area contributed by atoms with Crippen LogP contribution in [0.3, 0.4) is 0 Å². The third kappa shape index (κ3) is 7.75. The number of unbranched alkanes of at least 4 members (excludes halogenated alkanes) is 3. The smallest absolute Gasteiger partial charge is 0.179 e. The van der Waals surface area contributed by atoms with Gasteiger partial charge in [0.25, 0.3) is 0 Å². The van der Waals surface area contributed by atoms with E-state index in [1.807, 2.05) is 12.1 Å². The molecule has 5 aromatic rings. The third-order valence-electron chi connectivity index (χ3n) is 9.03. The van der Waals surface area contributed by atoms with Gasteiger partial charge in [-0.1, -0.05) is 87.9 Å². The standard InChI is InChI=1S/C40H45NO6S2/c1-4-5-6-11-22-41-37-20-18-31(29(2)33-14-7-9-16-39(33)48(44,45)25-12-23-42)27-35(37)36-28-32(19-21-38(36)41)30(3)34-15-8-10-17-40(34)49(46,47)26-13-24-43/h7-10,14-21,27-28,42-43H,2-6,11-13,22-26H2,1H3. The van der Waals surface area contributed by atoms with Gasteiger partial charge in [0, 0.05) is 52.7 Å². The number of aromatic nitrogens is 1. The van der Waals surface area contributed by atoms with Crippen LogP contribution in [0.5, 0.6) is 0 Å². The lowest BCUT2D eigenvalue weighted by Gasteiger charge is -2.14. The molecule has 0 atom stereocenters. The number of hydrogen-bond acceptors (Lipinski definition) is 6. The molecule has 0 saturated carbocycles. The van der Waals surface area contributed by atoms with Crippen LogP contribution < -0.4 is 0 Å². The normalized spacial score (nSPS) is 12.1. The van der Waals surface area contributed by atoms with Crippen molar-refractivity contribution >= 4 is 52.6 Å². The van der Waals surface area contributed by atoms with Crippen LogP contribution in [0, 0.1) is 0 Å². The molecule has 5 rings (SSSR count).